The van der Waals surface area contributed by atoms with Gasteiger partial charge in [-0.25, -0.2) is 13.2 Å². The molecule has 12 nitrogen and oxygen atoms in total. The Morgan fingerprint density at radius 1 is 1.06 bits per heavy atom. The Kier molecular flexibility index (Phi) is 9.93. The van der Waals surface area contributed by atoms with Crippen molar-refractivity contribution < 1.29 is 37.1 Å². The highest BCUT2D eigenvalue weighted by atomic mass is 32.2. The number of rotatable bonds is 7. The normalized spacial score (nSPS) is 29.3. The molecule has 50 heavy (non-hydrogen) atoms. The van der Waals surface area contributed by atoms with Crippen molar-refractivity contribution in [1.82, 2.24) is 19.8 Å². The van der Waals surface area contributed by atoms with Crippen LogP contribution in [-0.4, -0.2) is 77.8 Å². The molecule has 2 aliphatic carbocycles. The molecular formula is C37H50N4O8S. The fraction of sp³-hybridized carbons (Fsp3) is 0.649. The van der Waals surface area contributed by atoms with Crippen LogP contribution in [0.15, 0.2) is 30.9 Å². The molecule has 0 aromatic heterocycles. The molecule has 4 bridgehead atoms. The number of ketones is 1. The molecule has 1 aromatic rings. The molecule has 1 saturated heterocycles. The van der Waals surface area contributed by atoms with E-state index in [1.807, 2.05) is 32.9 Å². The first kappa shape index (κ1) is 36.1. The van der Waals surface area contributed by atoms with Gasteiger partial charge in [0, 0.05) is 32.4 Å². The van der Waals surface area contributed by atoms with Crippen molar-refractivity contribution in [2.75, 3.05) is 6.54 Å². The van der Waals surface area contributed by atoms with Crippen molar-refractivity contribution in [3.63, 3.8) is 0 Å². The van der Waals surface area contributed by atoms with Crippen molar-refractivity contribution in [2.24, 2.45) is 16.7 Å². The molecule has 3 aliphatic heterocycles. The number of ether oxygens (including phenoxy) is 1. The van der Waals surface area contributed by atoms with E-state index >= 15 is 0 Å². The van der Waals surface area contributed by atoms with Crippen molar-refractivity contribution in [3.8, 4) is 0 Å². The van der Waals surface area contributed by atoms with Crippen LogP contribution >= 0.6 is 0 Å². The number of nitrogens with zero attached hydrogens (tertiary/aromatic N) is 2. The Balaban J connectivity index is 1.27. The van der Waals surface area contributed by atoms with Gasteiger partial charge in [0.15, 0.2) is 5.78 Å². The molecule has 5 atom stereocenters. The molecule has 4 amide bonds. The van der Waals surface area contributed by atoms with E-state index in [4.69, 9.17) is 4.74 Å². The highest BCUT2D eigenvalue weighted by Gasteiger charge is 2.61. The number of fused-ring (bicyclic) bond motifs is 3. The van der Waals surface area contributed by atoms with E-state index < -0.39 is 73.9 Å². The van der Waals surface area contributed by atoms with E-state index in [0.717, 1.165) is 36.8 Å². The van der Waals surface area contributed by atoms with Crippen LogP contribution in [0.3, 0.4) is 0 Å². The van der Waals surface area contributed by atoms with Crippen LogP contribution in [0, 0.1) is 16.7 Å². The molecule has 3 heterocycles. The molecule has 3 fully saturated rings. The van der Waals surface area contributed by atoms with Crippen LogP contribution in [0.1, 0.15) is 102 Å². The van der Waals surface area contributed by atoms with E-state index in [1.54, 1.807) is 11.0 Å². The van der Waals surface area contributed by atoms with E-state index in [2.05, 4.69) is 22.7 Å². The Bertz CT molecular complexity index is 1680. The molecule has 2 N–H and O–H groups in total. The summed E-state index contributed by atoms with van der Waals surface area (Å²) in [6.07, 6.45) is 5.74. The van der Waals surface area contributed by atoms with Gasteiger partial charge >= 0.3 is 6.09 Å². The second-order valence-electron chi connectivity index (χ2n) is 16.0. The first-order valence-electron chi connectivity index (χ1n) is 18.0. The molecule has 2 saturated carbocycles. The van der Waals surface area contributed by atoms with E-state index in [1.165, 1.54) is 10.5 Å². The lowest BCUT2D eigenvalue weighted by atomic mass is 9.85. The smallest absolute Gasteiger partial charge is 0.410 e. The first-order valence-corrected chi connectivity index (χ1v) is 19.5. The third-order valence-corrected chi connectivity index (χ3v) is 12.9. The first-order chi connectivity index (χ1) is 23.6. The van der Waals surface area contributed by atoms with E-state index in [-0.39, 0.29) is 38.1 Å². The molecule has 0 spiro atoms. The summed E-state index contributed by atoms with van der Waals surface area (Å²) in [7, 11) is -3.85. The Morgan fingerprint density at radius 3 is 2.42 bits per heavy atom. The van der Waals surface area contributed by atoms with Crippen molar-refractivity contribution in [3.05, 3.63) is 47.5 Å². The van der Waals surface area contributed by atoms with Crippen molar-refractivity contribution in [2.45, 2.75) is 128 Å². The van der Waals surface area contributed by atoms with Gasteiger partial charge in [-0.1, -0.05) is 57.9 Å². The highest BCUT2D eigenvalue weighted by molar-refractivity contribution is 7.90. The zero-order chi connectivity index (χ0) is 36.0. The number of sulfonamides is 1. The average Bonchev–Trinajstić information content (AvgIpc) is 3.94. The van der Waals surface area contributed by atoms with Gasteiger partial charge in [-0.2, -0.15) is 0 Å². The molecule has 272 valence electrons. The van der Waals surface area contributed by atoms with Crippen molar-refractivity contribution >= 4 is 39.6 Å². The molecule has 6 rings (SSSR count). The SMILES string of the molecule is C=C[C@@H]1C[C@]1(CC(=O)[C@@H]1C[C@@H]2CN1C(=O)[C@H](C(C)(C)C)NC(=O)CCCCCCc1cccc3c1CN(C3)C(=O)O2)C(=O)NS(=O)(=O)C1CC1. The number of nitrogens with one attached hydrogen (secondary N) is 2. The maximum absolute atomic E-state index is 14.4. The van der Waals surface area contributed by atoms with Crippen molar-refractivity contribution in [1.29, 1.82) is 0 Å². The number of allylic oxidation sites excluding steroid dienone is 1. The average molecular weight is 711 g/mol. The fourth-order valence-electron chi connectivity index (χ4n) is 7.81. The van der Waals surface area contributed by atoms with Gasteiger partial charge in [0.2, 0.25) is 27.7 Å². The van der Waals surface area contributed by atoms with Crippen LogP contribution in [0.2, 0.25) is 0 Å². The predicted molar refractivity (Wildman–Crippen MR) is 185 cm³/mol. The van der Waals surface area contributed by atoms with Crippen LogP contribution in [-0.2, 0) is 53.4 Å². The van der Waals surface area contributed by atoms with Gasteiger partial charge in [0.05, 0.1) is 23.3 Å². The zero-order valence-electron chi connectivity index (χ0n) is 29.4. The van der Waals surface area contributed by atoms with Gasteiger partial charge in [0.25, 0.3) is 0 Å². The Hall–Kier alpha value is -3.74. The van der Waals surface area contributed by atoms with Gasteiger partial charge in [-0.05, 0) is 66.5 Å². The summed E-state index contributed by atoms with van der Waals surface area (Å²) in [4.78, 5) is 71.9. The number of hydrogen-bond donors (Lipinski definition) is 2. The maximum Gasteiger partial charge on any atom is 0.410 e. The van der Waals surface area contributed by atoms with Gasteiger partial charge in [-0.15, -0.1) is 6.58 Å². The zero-order valence-corrected chi connectivity index (χ0v) is 30.2. The summed E-state index contributed by atoms with van der Waals surface area (Å²) in [6, 6.07) is 4.11. The standard InChI is InChI=1S/C37H50N4O8S/c1-5-25-18-37(25,34(45)39-50(47,48)27-15-16-27)19-30(42)29-17-26-21-41(29)33(44)32(36(2,3)4)38-31(43)14-9-7-6-8-11-23-12-10-13-24-20-40(22-28(23)24)35(46)49-26/h5,10,12-13,25-27,29,32H,1,6-9,11,14-22H2,2-4H3,(H,38,43)(H,39,45)/t25-,26-,29+,32-,37-/m1/s1. The van der Waals surface area contributed by atoms with Crippen LogP contribution in [0.4, 0.5) is 4.79 Å². The third-order valence-electron chi connectivity index (χ3n) is 11.1. The Morgan fingerprint density at radius 2 is 1.76 bits per heavy atom. The molecule has 13 heteroatoms. The second kappa shape index (κ2) is 13.8. The molecule has 5 aliphatic rings. The summed E-state index contributed by atoms with van der Waals surface area (Å²) in [5, 5.41) is 2.33. The number of amides is 4. The summed E-state index contributed by atoms with van der Waals surface area (Å²) >= 11 is 0. The number of benzene rings is 1. The minimum atomic E-state index is -3.85. The molecule has 0 radical (unpaired) electrons. The van der Waals surface area contributed by atoms with Crippen LogP contribution < -0.4 is 10.0 Å². The summed E-state index contributed by atoms with van der Waals surface area (Å²) < 4.78 is 33.5. The second-order valence-corrected chi connectivity index (χ2v) is 17.9. The number of Topliss-reactive ketones (excluding diaryl/α,β-unsaturated/α-hetero) is 1. The molecular weight excluding hydrogens is 660 g/mol. The number of carbonyl (C=O) groups excluding carboxylic acids is 5. The van der Waals surface area contributed by atoms with E-state index in [9.17, 15) is 32.4 Å². The highest BCUT2D eigenvalue weighted by Crippen LogP contribution is 2.57. The number of aryl methyl sites for hydroxylation is 1. The van der Waals surface area contributed by atoms with Gasteiger partial charge in [-0.3, -0.25) is 28.8 Å². The summed E-state index contributed by atoms with van der Waals surface area (Å²) in [5.74, 6) is -2.29. The minimum absolute atomic E-state index is 0.0178. The largest absolute Gasteiger partial charge is 0.444 e. The summed E-state index contributed by atoms with van der Waals surface area (Å²) in [6.45, 7) is 10.1. The lowest BCUT2D eigenvalue weighted by molar-refractivity contribution is -0.144. The molecule has 1 aromatic carbocycles. The topological polar surface area (TPSA) is 159 Å². The van der Waals surface area contributed by atoms with E-state index in [0.29, 0.717) is 32.4 Å². The monoisotopic (exact) mass is 710 g/mol. The van der Waals surface area contributed by atoms with Crippen LogP contribution in [0.5, 0.6) is 0 Å². The Labute approximate surface area is 294 Å². The predicted octanol–water partition coefficient (Wildman–Crippen LogP) is 3.91. The van der Waals surface area contributed by atoms with Gasteiger partial charge in [0.1, 0.15) is 12.1 Å². The summed E-state index contributed by atoms with van der Waals surface area (Å²) in [5.41, 5.74) is 1.38. The van der Waals surface area contributed by atoms with Crippen LogP contribution in [0.25, 0.3) is 0 Å². The van der Waals surface area contributed by atoms with Gasteiger partial charge < -0.3 is 15.0 Å². The lowest BCUT2D eigenvalue weighted by Gasteiger charge is -2.35. The molecule has 0 unspecified atom stereocenters. The minimum Gasteiger partial charge on any atom is -0.444 e. The lowest BCUT2D eigenvalue weighted by Crippen LogP contribution is -2.57. The number of hydrogen-bond acceptors (Lipinski definition) is 8. The fourth-order valence-corrected chi connectivity index (χ4v) is 9.20. The maximum atomic E-state index is 14.4. The third kappa shape index (κ3) is 7.48. The number of carbonyl (C=O) groups is 5. The quantitative estimate of drug-likeness (QED) is 0.403.